The number of hydrogen-bond donors (Lipinski definition) is 1. The van der Waals surface area contributed by atoms with E-state index in [4.69, 9.17) is 60.6 Å². The molecule has 182 valence electrons. The van der Waals surface area contributed by atoms with Crippen LogP contribution in [0, 0.1) is 0 Å². The number of amides is 1. The highest BCUT2D eigenvalue weighted by molar-refractivity contribution is 6.43. The highest BCUT2D eigenvalue weighted by atomic mass is 35.5. The van der Waals surface area contributed by atoms with Crippen molar-refractivity contribution in [2.45, 2.75) is 6.92 Å². The lowest BCUT2D eigenvalue weighted by Crippen LogP contribution is -2.24. The van der Waals surface area contributed by atoms with Crippen molar-refractivity contribution in [2.24, 2.45) is 5.10 Å². The minimum atomic E-state index is -0.666. The van der Waals surface area contributed by atoms with Crippen LogP contribution in [-0.4, -0.2) is 31.3 Å². The third-order valence-electron chi connectivity index (χ3n) is 4.30. The van der Waals surface area contributed by atoms with Gasteiger partial charge in [0.1, 0.15) is 10.8 Å². The van der Waals surface area contributed by atoms with Gasteiger partial charge in [0.15, 0.2) is 18.1 Å². The fourth-order valence-corrected chi connectivity index (χ4v) is 3.55. The topological polar surface area (TPSA) is 86.2 Å². The molecule has 0 saturated carbocycles. The van der Waals surface area contributed by atoms with Crippen LogP contribution in [0.4, 0.5) is 0 Å². The first-order chi connectivity index (χ1) is 16.8. The monoisotopic (exact) mass is 554 g/mol. The molecule has 0 aliphatic rings. The van der Waals surface area contributed by atoms with Crippen LogP contribution in [0.1, 0.15) is 22.8 Å². The number of hydrazone groups is 1. The fraction of sp³-hybridized carbons (Fsp3) is 0.125. The first kappa shape index (κ1) is 26.6. The minimum absolute atomic E-state index is 0.160. The number of carbonyl (C=O) groups is 2. The van der Waals surface area contributed by atoms with Crippen LogP contribution in [0.15, 0.2) is 59.7 Å². The molecule has 0 saturated heterocycles. The molecule has 0 fully saturated rings. The SMILES string of the molecule is CCOc1cc(C=NNC(=O)COc2cccc(Cl)c2Cl)ccc1OC(=O)c1ccc(Cl)cc1Cl. The van der Waals surface area contributed by atoms with Gasteiger partial charge >= 0.3 is 5.97 Å². The summed E-state index contributed by atoms with van der Waals surface area (Å²) < 4.78 is 16.4. The molecule has 0 spiro atoms. The van der Waals surface area contributed by atoms with E-state index in [0.717, 1.165) is 0 Å². The lowest BCUT2D eigenvalue weighted by Gasteiger charge is -2.12. The van der Waals surface area contributed by atoms with Gasteiger partial charge in [-0.25, -0.2) is 10.2 Å². The van der Waals surface area contributed by atoms with Crippen LogP contribution in [-0.2, 0) is 4.79 Å². The average Bonchev–Trinajstić information content (AvgIpc) is 2.81. The second-order valence-electron chi connectivity index (χ2n) is 6.79. The molecule has 0 aliphatic heterocycles. The van der Waals surface area contributed by atoms with E-state index in [1.165, 1.54) is 24.4 Å². The smallest absolute Gasteiger partial charge is 0.345 e. The average molecular weight is 556 g/mol. The lowest BCUT2D eigenvalue weighted by atomic mass is 10.2. The predicted molar refractivity (Wildman–Crippen MR) is 137 cm³/mol. The van der Waals surface area contributed by atoms with Crippen molar-refractivity contribution < 1.29 is 23.8 Å². The van der Waals surface area contributed by atoms with Crippen molar-refractivity contribution in [3.05, 3.63) is 85.8 Å². The van der Waals surface area contributed by atoms with Gasteiger partial charge in [0.2, 0.25) is 0 Å². The summed E-state index contributed by atoms with van der Waals surface area (Å²) in [5, 5.41) is 5.00. The quantitative estimate of drug-likeness (QED) is 0.142. The normalized spacial score (nSPS) is 10.8. The Labute approximate surface area is 221 Å². The highest BCUT2D eigenvalue weighted by Gasteiger charge is 2.16. The molecule has 35 heavy (non-hydrogen) atoms. The van der Waals surface area contributed by atoms with E-state index in [9.17, 15) is 9.59 Å². The van der Waals surface area contributed by atoms with E-state index >= 15 is 0 Å². The maximum absolute atomic E-state index is 12.5. The molecule has 0 atom stereocenters. The van der Waals surface area contributed by atoms with Crippen molar-refractivity contribution in [2.75, 3.05) is 13.2 Å². The molecule has 3 aromatic rings. The Balaban J connectivity index is 1.62. The van der Waals surface area contributed by atoms with Crippen molar-refractivity contribution >= 4 is 64.5 Å². The molecule has 0 heterocycles. The van der Waals surface area contributed by atoms with Crippen LogP contribution in [0.5, 0.6) is 17.2 Å². The van der Waals surface area contributed by atoms with Crippen LogP contribution in [0.2, 0.25) is 20.1 Å². The van der Waals surface area contributed by atoms with Gasteiger partial charge in [-0.05, 0) is 61.0 Å². The number of benzene rings is 3. The third-order valence-corrected chi connectivity index (χ3v) is 5.65. The van der Waals surface area contributed by atoms with Crippen LogP contribution in [0.3, 0.4) is 0 Å². The predicted octanol–water partition coefficient (Wildman–Crippen LogP) is 6.45. The number of rotatable bonds is 9. The van der Waals surface area contributed by atoms with Gasteiger partial charge in [-0.2, -0.15) is 5.10 Å². The second kappa shape index (κ2) is 12.7. The summed E-state index contributed by atoms with van der Waals surface area (Å²) >= 11 is 23.9. The van der Waals surface area contributed by atoms with Gasteiger partial charge in [-0.3, -0.25) is 4.79 Å². The highest BCUT2D eigenvalue weighted by Crippen LogP contribution is 2.32. The number of nitrogens with zero attached hydrogens (tertiary/aromatic N) is 1. The van der Waals surface area contributed by atoms with E-state index in [1.54, 1.807) is 43.3 Å². The Bertz CT molecular complexity index is 1270. The van der Waals surface area contributed by atoms with Crippen molar-refractivity contribution in [3.63, 3.8) is 0 Å². The van der Waals surface area contributed by atoms with Gasteiger partial charge in [-0.15, -0.1) is 0 Å². The Kier molecular flexibility index (Phi) is 9.63. The molecule has 1 N–H and O–H groups in total. The van der Waals surface area contributed by atoms with Gasteiger partial charge in [-0.1, -0.05) is 52.5 Å². The largest absolute Gasteiger partial charge is 0.490 e. The van der Waals surface area contributed by atoms with Crippen molar-refractivity contribution in [1.82, 2.24) is 5.43 Å². The Morgan fingerprint density at radius 1 is 0.914 bits per heavy atom. The standard InChI is InChI=1S/C24H18Cl4N2O5/c1-2-33-21-10-14(6-9-19(21)35-24(32)16-8-7-15(25)11-18(16)27)12-29-30-22(31)13-34-20-5-3-4-17(26)23(20)28/h3-12H,2,13H2,1H3,(H,30,31). The van der Waals surface area contributed by atoms with Crippen molar-refractivity contribution in [3.8, 4) is 17.2 Å². The molecule has 0 radical (unpaired) electrons. The molecule has 7 nitrogen and oxygen atoms in total. The maximum atomic E-state index is 12.5. The van der Waals surface area contributed by atoms with Crippen LogP contribution in [0.25, 0.3) is 0 Å². The number of nitrogens with one attached hydrogen (secondary N) is 1. The third kappa shape index (κ3) is 7.50. The molecule has 0 aromatic heterocycles. The summed E-state index contributed by atoms with van der Waals surface area (Å²) in [5.41, 5.74) is 3.08. The number of halogens is 4. The van der Waals surface area contributed by atoms with E-state index < -0.39 is 11.9 Å². The molecule has 3 aromatic carbocycles. The lowest BCUT2D eigenvalue weighted by molar-refractivity contribution is -0.123. The van der Waals surface area contributed by atoms with Crippen molar-refractivity contribution in [1.29, 1.82) is 0 Å². The molecule has 0 aliphatic carbocycles. The molecule has 11 heteroatoms. The summed E-state index contributed by atoms with van der Waals surface area (Å²) in [6.45, 7) is 1.80. The molecule has 0 bridgehead atoms. The van der Waals surface area contributed by atoms with Gasteiger partial charge in [0, 0.05) is 5.02 Å². The summed E-state index contributed by atoms with van der Waals surface area (Å²) in [7, 11) is 0. The Morgan fingerprint density at radius 2 is 1.71 bits per heavy atom. The van der Waals surface area contributed by atoms with E-state index in [2.05, 4.69) is 10.5 Å². The summed E-state index contributed by atoms with van der Waals surface area (Å²) in [5.74, 6) is -0.394. The molecule has 0 unspecified atom stereocenters. The fourth-order valence-electron chi connectivity index (χ4n) is 2.72. The maximum Gasteiger partial charge on any atom is 0.345 e. The number of ether oxygens (including phenoxy) is 3. The molecular formula is C24H18Cl4N2O5. The zero-order valence-corrected chi connectivity index (χ0v) is 21.2. The van der Waals surface area contributed by atoms with Crippen LogP contribution < -0.4 is 19.6 Å². The zero-order valence-electron chi connectivity index (χ0n) is 18.2. The van der Waals surface area contributed by atoms with Gasteiger partial charge < -0.3 is 14.2 Å². The number of carbonyl (C=O) groups excluding carboxylic acids is 2. The molecule has 1 amide bonds. The second-order valence-corrected chi connectivity index (χ2v) is 8.42. The van der Waals surface area contributed by atoms with Gasteiger partial charge in [0.05, 0.1) is 28.4 Å². The van der Waals surface area contributed by atoms with Gasteiger partial charge in [0.25, 0.3) is 5.91 Å². The molecular weight excluding hydrogens is 538 g/mol. The summed E-state index contributed by atoms with van der Waals surface area (Å²) in [4.78, 5) is 24.5. The van der Waals surface area contributed by atoms with E-state index in [-0.39, 0.29) is 33.7 Å². The first-order valence-corrected chi connectivity index (χ1v) is 11.6. The van der Waals surface area contributed by atoms with E-state index in [0.29, 0.717) is 28.0 Å². The number of hydrogen-bond acceptors (Lipinski definition) is 6. The van der Waals surface area contributed by atoms with E-state index in [1.807, 2.05) is 0 Å². The Morgan fingerprint density at radius 3 is 2.46 bits per heavy atom. The first-order valence-electron chi connectivity index (χ1n) is 10.1. The Hall–Kier alpha value is -2.97. The van der Waals surface area contributed by atoms with Crippen LogP contribution >= 0.6 is 46.4 Å². The zero-order chi connectivity index (χ0) is 25.4. The minimum Gasteiger partial charge on any atom is -0.490 e. The summed E-state index contributed by atoms with van der Waals surface area (Å²) in [6.07, 6.45) is 1.40. The number of esters is 1. The summed E-state index contributed by atoms with van der Waals surface area (Å²) in [6, 6.07) is 14.1. The molecule has 3 rings (SSSR count).